The average Bonchev–Trinajstić information content (AvgIpc) is 3.08. The van der Waals surface area contributed by atoms with E-state index in [1.807, 2.05) is 30.3 Å². The molecule has 1 aromatic carbocycles. The number of hydrogen-bond acceptors (Lipinski definition) is 3. The Morgan fingerprint density at radius 1 is 1.41 bits per heavy atom. The summed E-state index contributed by atoms with van der Waals surface area (Å²) in [4.78, 5) is 11.5. The number of nitrogens with one attached hydrogen (secondary N) is 1. The van der Waals surface area contributed by atoms with Crippen LogP contribution in [0.25, 0.3) is 0 Å². The van der Waals surface area contributed by atoms with Gasteiger partial charge in [0.15, 0.2) is 0 Å². The summed E-state index contributed by atoms with van der Waals surface area (Å²) >= 11 is 0. The summed E-state index contributed by atoms with van der Waals surface area (Å²) in [5.74, 6) is 0. The minimum Gasteiger partial charge on any atom is -0.445 e. The molecule has 4 nitrogen and oxygen atoms in total. The van der Waals surface area contributed by atoms with Gasteiger partial charge in [-0.15, -0.1) is 0 Å². The molecule has 0 radical (unpaired) electrons. The third-order valence-electron chi connectivity index (χ3n) is 2.85. The predicted molar refractivity (Wildman–Crippen MR) is 62.0 cm³/mol. The number of nitrogens with zero attached hydrogens (tertiary/aromatic N) is 1. The number of carbonyl (C=O) groups is 1. The van der Waals surface area contributed by atoms with E-state index in [0.29, 0.717) is 6.42 Å². The van der Waals surface area contributed by atoms with Crippen LogP contribution in [0.3, 0.4) is 0 Å². The molecule has 1 saturated carbocycles. The zero-order valence-corrected chi connectivity index (χ0v) is 9.48. The Kier molecular flexibility index (Phi) is 3.29. The van der Waals surface area contributed by atoms with Crippen molar-refractivity contribution in [3.05, 3.63) is 35.9 Å². The number of nitriles is 1. The van der Waals surface area contributed by atoms with Crippen molar-refractivity contribution in [2.75, 3.05) is 0 Å². The van der Waals surface area contributed by atoms with Crippen molar-refractivity contribution in [2.45, 2.75) is 31.4 Å². The van der Waals surface area contributed by atoms with E-state index >= 15 is 0 Å². The molecule has 0 saturated heterocycles. The van der Waals surface area contributed by atoms with E-state index in [2.05, 4.69) is 11.4 Å². The molecule has 17 heavy (non-hydrogen) atoms. The number of rotatable bonds is 4. The first-order chi connectivity index (χ1) is 8.24. The van der Waals surface area contributed by atoms with Crippen LogP contribution in [0.2, 0.25) is 0 Å². The topological polar surface area (TPSA) is 62.1 Å². The van der Waals surface area contributed by atoms with Gasteiger partial charge in [0.25, 0.3) is 0 Å². The minimum absolute atomic E-state index is 0.259. The van der Waals surface area contributed by atoms with Crippen LogP contribution in [0, 0.1) is 11.3 Å². The van der Waals surface area contributed by atoms with Crippen LogP contribution in [0.1, 0.15) is 24.8 Å². The van der Waals surface area contributed by atoms with Crippen LogP contribution < -0.4 is 5.32 Å². The Bertz CT molecular complexity index is 432. The van der Waals surface area contributed by atoms with E-state index in [9.17, 15) is 4.79 Å². The van der Waals surface area contributed by atoms with Gasteiger partial charge in [0, 0.05) is 0 Å². The largest absolute Gasteiger partial charge is 0.445 e. The fourth-order valence-electron chi connectivity index (χ4n) is 1.62. The van der Waals surface area contributed by atoms with Gasteiger partial charge in [-0.05, 0) is 18.4 Å². The van der Waals surface area contributed by atoms with E-state index in [4.69, 9.17) is 10.00 Å². The summed E-state index contributed by atoms with van der Waals surface area (Å²) in [7, 11) is 0. The van der Waals surface area contributed by atoms with Crippen LogP contribution in [-0.2, 0) is 11.3 Å². The third-order valence-corrected chi connectivity index (χ3v) is 2.85. The smallest absolute Gasteiger partial charge is 0.407 e. The highest BCUT2D eigenvalue weighted by molar-refractivity contribution is 5.69. The second-order valence-electron chi connectivity index (χ2n) is 4.30. The van der Waals surface area contributed by atoms with Gasteiger partial charge in [0.2, 0.25) is 0 Å². The molecule has 4 heteroatoms. The maximum Gasteiger partial charge on any atom is 0.407 e. The first kappa shape index (κ1) is 11.5. The molecule has 0 bridgehead atoms. The molecular weight excluding hydrogens is 216 g/mol. The van der Waals surface area contributed by atoms with E-state index in [0.717, 1.165) is 18.4 Å². The monoisotopic (exact) mass is 230 g/mol. The molecular formula is C13H14N2O2. The lowest BCUT2D eigenvalue weighted by molar-refractivity contribution is 0.134. The van der Waals surface area contributed by atoms with Crippen molar-refractivity contribution >= 4 is 6.09 Å². The summed E-state index contributed by atoms with van der Waals surface area (Å²) in [5.41, 5.74) is 0.635. The molecule has 0 atom stereocenters. The number of carbonyl (C=O) groups excluding carboxylic acids is 1. The molecule has 88 valence electrons. The minimum atomic E-state index is -0.443. The van der Waals surface area contributed by atoms with Gasteiger partial charge in [-0.1, -0.05) is 30.3 Å². The molecule has 0 heterocycles. The van der Waals surface area contributed by atoms with Crippen LogP contribution in [0.4, 0.5) is 4.79 Å². The number of hydrogen-bond donors (Lipinski definition) is 1. The fraction of sp³-hybridized carbons (Fsp3) is 0.385. The van der Waals surface area contributed by atoms with Gasteiger partial charge in [0.1, 0.15) is 6.61 Å². The highest BCUT2D eigenvalue weighted by atomic mass is 16.5. The number of ether oxygens (including phenoxy) is 1. The van der Waals surface area contributed by atoms with Gasteiger partial charge in [-0.25, -0.2) is 4.79 Å². The number of alkyl carbamates (subject to hydrolysis) is 1. The zero-order chi connectivity index (χ0) is 12.1. The van der Waals surface area contributed by atoms with Gasteiger partial charge in [-0.3, -0.25) is 0 Å². The predicted octanol–water partition coefficient (Wildman–Crippen LogP) is 2.36. The molecule has 0 aliphatic heterocycles. The Balaban J connectivity index is 1.77. The number of benzene rings is 1. The lowest BCUT2D eigenvalue weighted by atomic mass is 10.2. The molecule has 0 spiro atoms. The van der Waals surface area contributed by atoms with Crippen molar-refractivity contribution in [1.82, 2.24) is 5.32 Å². The van der Waals surface area contributed by atoms with Crippen LogP contribution in [-0.4, -0.2) is 11.6 Å². The highest BCUT2D eigenvalue weighted by Gasteiger charge is 2.44. The molecule has 1 aliphatic rings. The first-order valence-electron chi connectivity index (χ1n) is 5.60. The van der Waals surface area contributed by atoms with Crippen LogP contribution in [0.5, 0.6) is 0 Å². The van der Waals surface area contributed by atoms with Crippen molar-refractivity contribution in [2.24, 2.45) is 0 Å². The van der Waals surface area contributed by atoms with Crippen LogP contribution >= 0.6 is 0 Å². The summed E-state index contributed by atoms with van der Waals surface area (Å²) in [6, 6.07) is 11.6. The fourth-order valence-corrected chi connectivity index (χ4v) is 1.62. The SMILES string of the molecule is N#CCC1(NC(=O)OCc2ccccc2)CC1. The molecule has 2 rings (SSSR count). The maximum atomic E-state index is 11.5. The summed E-state index contributed by atoms with van der Waals surface area (Å²) in [5, 5.41) is 11.4. The van der Waals surface area contributed by atoms with E-state index in [1.54, 1.807) is 0 Å². The maximum absolute atomic E-state index is 11.5. The van der Waals surface area contributed by atoms with Crippen molar-refractivity contribution < 1.29 is 9.53 Å². The molecule has 1 aliphatic carbocycles. The lowest BCUT2D eigenvalue weighted by Crippen LogP contribution is -2.36. The van der Waals surface area contributed by atoms with Gasteiger partial charge >= 0.3 is 6.09 Å². The second kappa shape index (κ2) is 4.88. The first-order valence-corrected chi connectivity index (χ1v) is 5.60. The number of amides is 1. The van der Waals surface area contributed by atoms with Gasteiger partial charge < -0.3 is 10.1 Å². The van der Waals surface area contributed by atoms with Gasteiger partial charge in [0.05, 0.1) is 18.0 Å². The molecule has 1 fully saturated rings. The molecule has 1 amide bonds. The molecule has 1 aromatic rings. The summed E-state index contributed by atoms with van der Waals surface area (Å²) < 4.78 is 5.09. The molecule has 1 N–H and O–H groups in total. The zero-order valence-electron chi connectivity index (χ0n) is 9.48. The molecule has 0 unspecified atom stereocenters. The quantitative estimate of drug-likeness (QED) is 0.863. The van der Waals surface area contributed by atoms with Gasteiger partial charge in [-0.2, -0.15) is 5.26 Å². The third kappa shape index (κ3) is 3.22. The Morgan fingerprint density at radius 2 is 2.12 bits per heavy atom. The van der Waals surface area contributed by atoms with Crippen molar-refractivity contribution in [3.63, 3.8) is 0 Å². The van der Waals surface area contributed by atoms with Crippen molar-refractivity contribution in [1.29, 1.82) is 5.26 Å². The van der Waals surface area contributed by atoms with E-state index in [-0.39, 0.29) is 12.1 Å². The van der Waals surface area contributed by atoms with E-state index < -0.39 is 6.09 Å². The Morgan fingerprint density at radius 3 is 2.71 bits per heavy atom. The summed E-state index contributed by atoms with van der Waals surface area (Å²) in [6.07, 6.45) is 1.64. The van der Waals surface area contributed by atoms with Crippen molar-refractivity contribution in [3.8, 4) is 6.07 Å². The summed E-state index contributed by atoms with van der Waals surface area (Å²) in [6.45, 7) is 0.259. The lowest BCUT2D eigenvalue weighted by Gasteiger charge is -2.13. The van der Waals surface area contributed by atoms with Crippen LogP contribution in [0.15, 0.2) is 30.3 Å². The highest BCUT2D eigenvalue weighted by Crippen LogP contribution is 2.38. The normalized spacial score (nSPS) is 15.7. The Labute approximate surface area is 100 Å². The average molecular weight is 230 g/mol. The standard InChI is InChI=1S/C13H14N2O2/c14-9-8-13(6-7-13)15-12(16)17-10-11-4-2-1-3-5-11/h1-5H,6-8,10H2,(H,15,16). The second-order valence-corrected chi connectivity index (χ2v) is 4.30. The molecule has 0 aromatic heterocycles. The van der Waals surface area contributed by atoms with E-state index in [1.165, 1.54) is 0 Å². The Hall–Kier alpha value is -2.02.